The summed E-state index contributed by atoms with van der Waals surface area (Å²) < 4.78 is 8.63. The van der Waals surface area contributed by atoms with Gasteiger partial charge in [-0.25, -0.2) is 4.98 Å². The lowest BCUT2D eigenvalue weighted by atomic mass is 10.00. The Balaban J connectivity index is 1.62. The highest BCUT2D eigenvalue weighted by atomic mass is 16.5. The Hall–Kier alpha value is -2.26. The second-order valence-corrected chi connectivity index (χ2v) is 7.93. The van der Waals surface area contributed by atoms with E-state index in [1.165, 1.54) is 21.8 Å². The molecule has 0 bridgehead atoms. The van der Waals surface area contributed by atoms with Gasteiger partial charge in [0.2, 0.25) is 5.91 Å². The third kappa shape index (κ3) is 4.19. The average molecular weight is 376 g/mol. The van der Waals surface area contributed by atoms with Crippen molar-refractivity contribution < 1.29 is 9.53 Å². The number of hydrogen-bond donors (Lipinski definition) is 1. The van der Waals surface area contributed by atoms with Crippen LogP contribution in [0.15, 0.2) is 17.3 Å². The molecule has 9 nitrogen and oxygen atoms in total. The molecule has 2 unspecified atom stereocenters. The van der Waals surface area contributed by atoms with E-state index in [1.807, 2.05) is 0 Å². The van der Waals surface area contributed by atoms with E-state index in [9.17, 15) is 9.59 Å². The molecule has 1 N–H and O–H groups in total. The van der Waals surface area contributed by atoms with E-state index in [-0.39, 0.29) is 35.8 Å². The third-order valence-corrected chi connectivity index (χ3v) is 5.03. The highest BCUT2D eigenvalue weighted by Crippen LogP contribution is 2.20. The summed E-state index contributed by atoms with van der Waals surface area (Å²) in [5.41, 5.74) is 0.0325. The number of carbonyl (C=O) groups excluding carboxylic acids is 1. The average Bonchev–Trinajstić information content (AvgIpc) is 2.97. The molecule has 1 aliphatic rings. The quantitative estimate of drug-likeness (QED) is 0.797. The van der Waals surface area contributed by atoms with Gasteiger partial charge >= 0.3 is 0 Å². The lowest BCUT2D eigenvalue weighted by molar-refractivity contribution is -0.123. The smallest absolute Gasteiger partial charge is 0.264 e. The van der Waals surface area contributed by atoms with Gasteiger partial charge in [-0.15, -0.1) is 0 Å². The number of nitrogens with one attached hydrogen (secondary N) is 1. The van der Waals surface area contributed by atoms with Crippen LogP contribution in [0.1, 0.15) is 27.7 Å². The Morgan fingerprint density at radius 1 is 1.33 bits per heavy atom. The second-order valence-electron chi connectivity index (χ2n) is 7.93. The Labute approximate surface area is 158 Å². The van der Waals surface area contributed by atoms with Crippen LogP contribution in [-0.4, -0.2) is 67.5 Å². The number of hydrogen-bond acceptors (Lipinski definition) is 6. The molecule has 0 saturated carbocycles. The van der Waals surface area contributed by atoms with Gasteiger partial charge in [-0.2, -0.15) is 5.10 Å². The maximum Gasteiger partial charge on any atom is 0.264 e. The third-order valence-electron chi connectivity index (χ3n) is 5.03. The van der Waals surface area contributed by atoms with Crippen LogP contribution in [-0.2, 0) is 23.1 Å². The molecule has 0 radical (unpaired) electrons. The van der Waals surface area contributed by atoms with E-state index in [0.717, 1.165) is 13.1 Å². The van der Waals surface area contributed by atoms with Crippen molar-refractivity contribution in [3.63, 3.8) is 0 Å². The van der Waals surface area contributed by atoms with Crippen molar-refractivity contribution >= 4 is 16.9 Å². The van der Waals surface area contributed by atoms with Gasteiger partial charge in [0.1, 0.15) is 18.3 Å². The first-order valence-electron chi connectivity index (χ1n) is 9.22. The highest BCUT2D eigenvalue weighted by Gasteiger charge is 2.33. The van der Waals surface area contributed by atoms with Crippen molar-refractivity contribution in [2.75, 3.05) is 19.6 Å². The predicted octanol–water partition coefficient (Wildman–Crippen LogP) is 0.134. The number of rotatable bonds is 5. The van der Waals surface area contributed by atoms with Crippen molar-refractivity contribution in [3.8, 4) is 0 Å². The zero-order valence-electron chi connectivity index (χ0n) is 16.6. The minimum Gasteiger partial charge on any atom is -0.373 e. The van der Waals surface area contributed by atoms with Gasteiger partial charge in [-0.3, -0.25) is 23.7 Å². The molecule has 9 heteroatoms. The van der Waals surface area contributed by atoms with Gasteiger partial charge in [0.05, 0.1) is 18.4 Å². The van der Waals surface area contributed by atoms with Crippen LogP contribution in [0.25, 0.3) is 11.0 Å². The molecular weight excluding hydrogens is 348 g/mol. The lowest BCUT2D eigenvalue weighted by Crippen LogP contribution is -2.58. The fourth-order valence-corrected chi connectivity index (χ4v) is 3.49. The van der Waals surface area contributed by atoms with E-state index in [2.05, 4.69) is 48.0 Å². The molecule has 2 aromatic rings. The maximum atomic E-state index is 12.5. The number of nitrogens with zero attached hydrogens (tertiary/aromatic N) is 5. The summed E-state index contributed by atoms with van der Waals surface area (Å²) in [6, 6.07) is 0. The number of ether oxygens (including phenoxy) is 1. The first kappa shape index (κ1) is 19.5. The van der Waals surface area contributed by atoms with E-state index in [0.29, 0.717) is 17.6 Å². The molecule has 1 aliphatic heterocycles. The molecule has 3 heterocycles. The molecule has 1 saturated heterocycles. The molecule has 148 valence electrons. The van der Waals surface area contributed by atoms with Crippen LogP contribution in [0.5, 0.6) is 0 Å². The van der Waals surface area contributed by atoms with Crippen LogP contribution in [0.4, 0.5) is 0 Å². The van der Waals surface area contributed by atoms with Crippen molar-refractivity contribution in [1.82, 2.24) is 29.5 Å². The molecule has 1 fully saturated rings. The fraction of sp³-hybridized carbons (Fsp3) is 0.667. The number of carbonyl (C=O) groups is 1. The van der Waals surface area contributed by atoms with Crippen molar-refractivity contribution in [3.05, 3.63) is 22.9 Å². The summed E-state index contributed by atoms with van der Waals surface area (Å²) in [4.78, 5) is 31.4. The minimum atomic E-state index is -0.265. The van der Waals surface area contributed by atoms with Crippen molar-refractivity contribution in [2.24, 2.45) is 7.05 Å². The molecule has 2 atom stereocenters. The molecule has 1 amide bonds. The Morgan fingerprint density at radius 2 is 2.00 bits per heavy atom. The summed E-state index contributed by atoms with van der Waals surface area (Å²) in [6.45, 7) is 10.4. The lowest BCUT2D eigenvalue weighted by Gasteiger charge is -2.45. The summed E-state index contributed by atoms with van der Waals surface area (Å²) >= 11 is 0. The molecule has 3 rings (SSSR count). The number of aromatic nitrogens is 4. The summed E-state index contributed by atoms with van der Waals surface area (Å²) in [5, 5.41) is 7.39. The summed E-state index contributed by atoms with van der Waals surface area (Å²) in [7, 11) is 1.72. The second kappa shape index (κ2) is 7.40. The fourth-order valence-electron chi connectivity index (χ4n) is 3.49. The van der Waals surface area contributed by atoms with Gasteiger partial charge in [0.25, 0.3) is 5.56 Å². The van der Waals surface area contributed by atoms with Gasteiger partial charge in [-0.05, 0) is 27.7 Å². The molecule has 27 heavy (non-hydrogen) atoms. The first-order chi connectivity index (χ1) is 12.7. The first-order valence-corrected chi connectivity index (χ1v) is 9.22. The molecule has 2 aromatic heterocycles. The Bertz CT molecular complexity index is 877. The minimum absolute atomic E-state index is 0.0668. The van der Waals surface area contributed by atoms with Crippen molar-refractivity contribution in [2.45, 2.75) is 52.0 Å². The van der Waals surface area contributed by atoms with E-state index in [1.54, 1.807) is 7.05 Å². The molecule has 0 aliphatic carbocycles. The van der Waals surface area contributed by atoms with E-state index >= 15 is 0 Å². The van der Waals surface area contributed by atoms with Gasteiger partial charge in [0.15, 0.2) is 5.65 Å². The van der Waals surface area contributed by atoms with Gasteiger partial charge in [0, 0.05) is 32.2 Å². The van der Waals surface area contributed by atoms with Crippen LogP contribution in [0, 0.1) is 0 Å². The summed E-state index contributed by atoms with van der Waals surface area (Å²) in [6.07, 6.45) is 3.20. The zero-order chi connectivity index (χ0) is 19.8. The molecular formula is C18H28N6O3. The molecule has 0 aromatic carbocycles. The standard InChI is InChI=1S/C18H28N6O3/c1-12-7-24(8-13(2)27-12)18(3,4)10-19-15(25)9-23-11-20-16-14(17(23)26)6-21-22(16)5/h6,11-13H,7-10H2,1-5H3,(H,19,25). The SMILES string of the molecule is CC1CN(C(C)(C)CNC(=O)Cn2cnc3c(cnn3C)c2=O)CC(C)O1. The normalized spacial score (nSPS) is 21.5. The number of amides is 1. The number of aryl methyl sites for hydroxylation is 1. The molecule has 0 spiro atoms. The topological polar surface area (TPSA) is 94.3 Å². The predicted molar refractivity (Wildman–Crippen MR) is 101 cm³/mol. The highest BCUT2D eigenvalue weighted by molar-refractivity contribution is 5.77. The maximum absolute atomic E-state index is 12.5. The van der Waals surface area contributed by atoms with Crippen LogP contribution < -0.4 is 10.9 Å². The largest absolute Gasteiger partial charge is 0.373 e. The van der Waals surface area contributed by atoms with Crippen molar-refractivity contribution in [1.29, 1.82) is 0 Å². The number of fused-ring (bicyclic) bond motifs is 1. The monoisotopic (exact) mass is 376 g/mol. The Morgan fingerprint density at radius 3 is 2.67 bits per heavy atom. The van der Waals surface area contributed by atoms with E-state index < -0.39 is 0 Å². The summed E-state index contributed by atoms with van der Waals surface area (Å²) in [5.74, 6) is -0.218. The van der Waals surface area contributed by atoms with Gasteiger partial charge < -0.3 is 10.1 Å². The Kier molecular flexibility index (Phi) is 5.34. The van der Waals surface area contributed by atoms with Crippen LogP contribution >= 0.6 is 0 Å². The van der Waals surface area contributed by atoms with Crippen LogP contribution in [0.2, 0.25) is 0 Å². The van der Waals surface area contributed by atoms with E-state index in [4.69, 9.17) is 4.74 Å². The number of morpholine rings is 1. The van der Waals surface area contributed by atoms with Crippen LogP contribution in [0.3, 0.4) is 0 Å². The van der Waals surface area contributed by atoms with Gasteiger partial charge in [-0.1, -0.05) is 0 Å². The zero-order valence-corrected chi connectivity index (χ0v) is 16.6.